The Labute approximate surface area is 252 Å². The molecule has 0 atom stereocenters. The van der Waals surface area contributed by atoms with Gasteiger partial charge in [-0.1, -0.05) is 60.7 Å². The zero-order valence-corrected chi connectivity index (χ0v) is 23.6. The largest absolute Gasteiger partial charge is 0.456 e. The third-order valence-corrected chi connectivity index (χ3v) is 8.31. The van der Waals surface area contributed by atoms with Gasteiger partial charge in [0.2, 0.25) is 0 Å². The van der Waals surface area contributed by atoms with Gasteiger partial charge in [-0.3, -0.25) is 14.5 Å². The lowest BCUT2D eigenvalue weighted by molar-refractivity contribution is 0.669. The monoisotopic (exact) mass is 564 g/mol. The number of hydrogen-bond donors (Lipinski definition) is 0. The zero-order chi connectivity index (χ0) is 29.0. The maximum atomic E-state index is 6.09. The molecule has 0 saturated heterocycles. The van der Waals surface area contributed by atoms with Crippen molar-refractivity contribution >= 4 is 43.7 Å². The number of fused-ring (bicyclic) bond motifs is 6. The maximum Gasteiger partial charge on any atom is 0.139 e. The van der Waals surface area contributed by atoms with Crippen molar-refractivity contribution in [1.82, 2.24) is 19.5 Å². The average molecular weight is 565 g/mol. The van der Waals surface area contributed by atoms with Gasteiger partial charge in [0.15, 0.2) is 0 Å². The zero-order valence-electron chi connectivity index (χ0n) is 23.6. The first kappa shape index (κ1) is 24.5. The van der Waals surface area contributed by atoms with E-state index >= 15 is 0 Å². The van der Waals surface area contributed by atoms with E-state index in [2.05, 4.69) is 99.5 Å². The summed E-state index contributed by atoms with van der Waals surface area (Å²) in [5.74, 6) is 0.819. The van der Waals surface area contributed by atoms with Crippen LogP contribution in [0.25, 0.3) is 83.3 Å². The van der Waals surface area contributed by atoms with Gasteiger partial charge in [-0.25, -0.2) is 4.98 Å². The molecule has 0 fully saturated rings. The van der Waals surface area contributed by atoms with E-state index in [0.29, 0.717) is 0 Å². The van der Waals surface area contributed by atoms with Crippen LogP contribution >= 0.6 is 0 Å². The molecule has 5 heterocycles. The molecule has 4 aromatic carbocycles. The molecule has 206 valence electrons. The summed E-state index contributed by atoms with van der Waals surface area (Å²) < 4.78 is 8.34. The van der Waals surface area contributed by atoms with E-state index in [1.807, 2.05) is 54.7 Å². The van der Waals surface area contributed by atoms with Gasteiger partial charge in [-0.05, 0) is 83.9 Å². The van der Waals surface area contributed by atoms with E-state index in [9.17, 15) is 0 Å². The summed E-state index contributed by atoms with van der Waals surface area (Å²) >= 11 is 0. The fourth-order valence-electron chi connectivity index (χ4n) is 6.26. The highest BCUT2D eigenvalue weighted by Gasteiger charge is 2.17. The molecular weight excluding hydrogens is 540 g/mol. The van der Waals surface area contributed by atoms with Crippen LogP contribution in [0.1, 0.15) is 0 Å². The number of rotatable bonds is 4. The van der Waals surface area contributed by atoms with Gasteiger partial charge in [-0.15, -0.1) is 0 Å². The van der Waals surface area contributed by atoms with Gasteiger partial charge in [0.25, 0.3) is 0 Å². The van der Waals surface area contributed by atoms with Gasteiger partial charge in [-0.2, -0.15) is 0 Å². The van der Waals surface area contributed by atoms with Crippen molar-refractivity contribution in [3.05, 3.63) is 146 Å². The Morgan fingerprint density at radius 1 is 0.432 bits per heavy atom. The number of nitrogens with zero attached hydrogens (tertiary/aromatic N) is 4. The summed E-state index contributed by atoms with van der Waals surface area (Å²) in [4.78, 5) is 14.4. The molecule has 0 aliphatic heterocycles. The lowest BCUT2D eigenvalue weighted by Crippen LogP contribution is -2.01. The Morgan fingerprint density at radius 2 is 1.09 bits per heavy atom. The van der Waals surface area contributed by atoms with Crippen LogP contribution in [0.3, 0.4) is 0 Å². The Morgan fingerprint density at radius 3 is 1.91 bits per heavy atom. The van der Waals surface area contributed by atoms with Crippen LogP contribution in [-0.2, 0) is 0 Å². The molecule has 0 amide bonds. The number of furan rings is 1. The predicted molar refractivity (Wildman–Crippen MR) is 178 cm³/mol. The fourth-order valence-corrected chi connectivity index (χ4v) is 6.26. The lowest BCUT2D eigenvalue weighted by Gasteiger charge is -2.12. The topological polar surface area (TPSA) is 56.7 Å². The first-order chi connectivity index (χ1) is 21.8. The van der Waals surface area contributed by atoms with Crippen molar-refractivity contribution in [2.45, 2.75) is 0 Å². The highest BCUT2D eigenvalue weighted by molar-refractivity contribution is 6.11. The van der Waals surface area contributed by atoms with E-state index in [-0.39, 0.29) is 0 Å². The summed E-state index contributed by atoms with van der Waals surface area (Å²) in [6.45, 7) is 0. The number of hydrogen-bond acceptors (Lipinski definition) is 4. The Balaban J connectivity index is 1.27. The predicted octanol–water partition coefficient (Wildman–Crippen LogP) is 9.87. The molecule has 0 aliphatic carbocycles. The average Bonchev–Trinajstić information content (AvgIpc) is 3.64. The van der Waals surface area contributed by atoms with Crippen LogP contribution < -0.4 is 0 Å². The third-order valence-electron chi connectivity index (χ3n) is 8.31. The van der Waals surface area contributed by atoms with E-state index < -0.39 is 0 Å². The lowest BCUT2D eigenvalue weighted by atomic mass is 10.0. The van der Waals surface area contributed by atoms with Gasteiger partial charge in [0.1, 0.15) is 17.0 Å². The van der Waals surface area contributed by atoms with Crippen molar-refractivity contribution < 1.29 is 4.42 Å². The minimum Gasteiger partial charge on any atom is -0.456 e. The number of benzene rings is 4. The van der Waals surface area contributed by atoms with Crippen LogP contribution in [0.5, 0.6) is 0 Å². The standard InChI is InChI=1S/C39H24N4O/c1-3-13-35-28(9-1)30-21-25(26-16-18-38-31(22-26)29-10-2-4-14-37(29)44-38)15-17-36(30)43(35)39-24-27(32-11-5-7-19-40-32)23-34(42-39)33-12-6-8-20-41-33/h1-24H. The van der Waals surface area contributed by atoms with Gasteiger partial charge >= 0.3 is 0 Å². The van der Waals surface area contributed by atoms with Crippen molar-refractivity contribution in [2.24, 2.45) is 0 Å². The molecule has 0 radical (unpaired) electrons. The second-order valence-corrected chi connectivity index (χ2v) is 10.9. The molecule has 5 nitrogen and oxygen atoms in total. The highest BCUT2D eigenvalue weighted by atomic mass is 16.3. The molecule has 9 rings (SSSR count). The Kier molecular flexibility index (Phi) is 5.43. The number of para-hydroxylation sites is 2. The summed E-state index contributed by atoms with van der Waals surface area (Å²) in [7, 11) is 0. The maximum absolute atomic E-state index is 6.09. The Hall–Kier alpha value is -6.07. The quantitative estimate of drug-likeness (QED) is 0.213. The molecule has 5 heteroatoms. The first-order valence-corrected chi connectivity index (χ1v) is 14.6. The second kappa shape index (κ2) is 9.75. The smallest absolute Gasteiger partial charge is 0.139 e. The summed E-state index contributed by atoms with van der Waals surface area (Å²) in [5.41, 5.74) is 9.77. The van der Waals surface area contributed by atoms with Crippen molar-refractivity contribution in [3.63, 3.8) is 0 Å². The van der Waals surface area contributed by atoms with Crippen LogP contribution in [0, 0.1) is 0 Å². The van der Waals surface area contributed by atoms with Crippen molar-refractivity contribution in [1.29, 1.82) is 0 Å². The molecule has 0 spiro atoms. The first-order valence-electron chi connectivity index (χ1n) is 14.6. The van der Waals surface area contributed by atoms with E-state index in [1.54, 1.807) is 6.20 Å². The molecule has 0 unspecified atom stereocenters. The number of aromatic nitrogens is 4. The van der Waals surface area contributed by atoms with Gasteiger partial charge < -0.3 is 4.42 Å². The summed E-state index contributed by atoms with van der Waals surface area (Å²) in [6, 6.07) is 45.9. The van der Waals surface area contributed by atoms with E-state index in [4.69, 9.17) is 9.40 Å². The molecular formula is C39H24N4O. The summed E-state index contributed by atoms with van der Waals surface area (Å²) in [6.07, 6.45) is 3.62. The SMILES string of the molecule is c1ccc(-c2cc(-c3ccccn3)nc(-n3c4ccccc4c4cc(-c5ccc6oc7ccccc7c6c5)ccc43)c2)nc1. The van der Waals surface area contributed by atoms with E-state index in [0.717, 1.165) is 72.6 Å². The fraction of sp³-hybridized carbons (Fsp3) is 0. The second-order valence-electron chi connectivity index (χ2n) is 10.9. The molecule has 0 bridgehead atoms. The van der Waals surface area contributed by atoms with Crippen molar-refractivity contribution in [2.75, 3.05) is 0 Å². The minimum absolute atomic E-state index is 0.798. The Bertz CT molecular complexity index is 2440. The van der Waals surface area contributed by atoms with Crippen molar-refractivity contribution in [3.8, 4) is 39.6 Å². The third kappa shape index (κ3) is 3.91. The minimum atomic E-state index is 0.798. The molecule has 0 saturated carbocycles. The normalized spacial score (nSPS) is 11.6. The van der Waals surface area contributed by atoms with Crippen LogP contribution in [0.4, 0.5) is 0 Å². The van der Waals surface area contributed by atoms with Gasteiger partial charge in [0.05, 0.1) is 28.1 Å². The summed E-state index contributed by atoms with van der Waals surface area (Å²) in [5, 5.41) is 4.59. The molecule has 5 aromatic heterocycles. The molecule has 44 heavy (non-hydrogen) atoms. The molecule has 0 N–H and O–H groups in total. The van der Waals surface area contributed by atoms with Crippen LogP contribution in [0.2, 0.25) is 0 Å². The highest BCUT2D eigenvalue weighted by Crippen LogP contribution is 2.38. The van der Waals surface area contributed by atoms with Gasteiger partial charge in [0, 0.05) is 39.5 Å². The van der Waals surface area contributed by atoms with E-state index in [1.165, 1.54) is 10.8 Å². The molecule has 0 aliphatic rings. The molecule has 9 aromatic rings. The van der Waals surface area contributed by atoms with Crippen LogP contribution in [-0.4, -0.2) is 19.5 Å². The van der Waals surface area contributed by atoms with Crippen LogP contribution in [0.15, 0.2) is 150 Å². The number of pyridine rings is 3.